The first-order chi connectivity index (χ1) is 12.5. The second kappa shape index (κ2) is 8.02. The Kier molecular flexibility index (Phi) is 5.54. The maximum absolute atomic E-state index is 12.0. The summed E-state index contributed by atoms with van der Waals surface area (Å²) in [7, 11) is 0. The number of anilines is 1. The van der Waals surface area contributed by atoms with Gasteiger partial charge in [-0.1, -0.05) is 17.7 Å². The minimum absolute atomic E-state index is 0.255. The molecule has 0 radical (unpaired) electrons. The third-order valence-corrected chi connectivity index (χ3v) is 4.21. The van der Waals surface area contributed by atoms with Crippen molar-refractivity contribution in [2.24, 2.45) is 0 Å². The van der Waals surface area contributed by atoms with Crippen molar-refractivity contribution in [2.45, 2.75) is 19.6 Å². The summed E-state index contributed by atoms with van der Waals surface area (Å²) in [5, 5.41) is 16.6. The molecule has 0 saturated carbocycles. The van der Waals surface area contributed by atoms with Crippen LogP contribution in [0, 0.1) is 0 Å². The second-order valence-corrected chi connectivity index (χ2v) is 6.49. The van der Waals surface area contributed by atoms with Crippen LogP contribution in [0.4, 0.5) is 5.82 Å². The first kappa shape index (κ1) is 18.0. The molecule has 3 rings (SSSR count). The average Bonchev–Trinajstić information content (AvgIpc) is 3.28. The summed E-state index contributed by atoms with van der Waals surface area (Å²) in [5.74, 6) is -0.445. The zero-order valence-electron chi connectivity index (χ0n) is 13.5. The Morgan fingerprint density at radius 2 is 2.23 bits per heavy atom. The minimum Gasteiger partial charge on any atom is -0.451 e. The number of esters is 1. The molecule has 26 heavy (non-hydrogen) atoms. The number of carbonyl (C=O) groups excluding carboxylic acids is 2. The van der Waals surface area contributed by atoms with E-state index in [1.54, 1.807) is 12.1 Å². The lowest BCUT2D eigenvalue weighted by atomic mass is 10.3. The highest BCUT2D eigenvalue weighted by Crippen LogP contribution is 2.19. The van der Waals surface area contributed by atoms with Gasteiger partial charge in [-0.15, -0.1) is 21.5 Å². The van der Waals surface area contributed by atoms with Crippen molar-refractivity contribution < 1.29 is 14.3 Å². The molecule has 0 aliphatic rings. The molecule has 0 saturated heterocycles. The van der Waals surface area contributed by atoms with Crippen LogP contribution in [0.2, 0.25) is 5.02 Å². The van der Waals surface area contributed by atoms with Crippen molar-refractivity contribution in [1.29, 1.82) is 0 Å². The molecular formula is C15H13ClN6O3S. The largest absolute Gasteiger partial charge is 0.451 e. The number of aromatic nitrogens is 5. The molecule has 3 aromatic heterocycles. The summed E-state index contributed by atoms with van der Waals surface area (Å²) in [6.07, 6.45) is 0.385. The Hall–Kier alpha value is -2.85. The normalized spacial score (nSPS) is 11.8. The van der Waals surface area contributed by atoms with Crippen molar-refractivity contribution in [3.05, 3.63) is 40.9 Å². The highest BCUT2D eigenvalue weighted by molar-refractivity contribution is 7.13. The second-order valence-electron chi connectivity index (χ2n) is 5.10. The van der Waals surface area contributed by atoms with Crippen LogP contribution in [0.3, 0.4) is 0 Å². The topological polar surface area (TPSA) is 112 Å². The van der Waals surface area contributed by atoms with E-state index in [1.807, 2.05) is 17.5 Å². The van der Waals surface area contributed by atoms with Gasteiger partial charge in [0.25, 0.3) is 5.91 Å². The molecule has 0 aromatic carbocycles. The quantitative estimate of drug-likeness (QED) is 0.638. The number of pyridine rings is 1. The number of halogens is 1. The molecule has 0 aliphatic heterocycles. The molecule has 0 bridgehead atoms. The van der Waals surface area contributed by atoms with Crippen molar-refractivity contribution in [3.63, 3.8) is 0 Å². The lowest BCUT2D eigenvalue weighted by Crippen LogP contribution is -2.31. The molecule has 1 amide bonds. The van der Waals surface area contributed by atoms with Crippen molar-refractivity contribution in [2.75, 3.05) is 5.32 Å². The van der Waals surface area contributed by atoms with E-state index >= 15 is 0 Å². The van der Waals surface area contributed by atoms with Gasteiger partial charge in [-0.05, 0) is 35.7 Å². The van der Waals surface area contributed by atoms with E-state index in [4.69, 9.17) is 16.3 Å². The van der Waals surface area contributed by atoms with Crippen LogP contribution >= 0.6 is 22.9 Å². The maximum atomic E-state index is 12.0. The summed E-state index contributed by atoms with van der Waals surface area (Å²) in [6.45, 7) is 1.20. The number of amides is 1. The predicted octanol–water partition coefficient (Wildman–Crippen LogP) is 2.02. The molecule has 3 heterocycles. The van der Waals surface area contributed by atoms with Gasteiger partial charge in [-0.2, -0.15) is 4.80 Å². The minimum atomic E-state index is -1.01. The van der Waals surface area contributed by atoms with E-state index < -0.39 is 18.0 Å². The molecule has 0 spiro atoms. The van der Waals surface area contributed by atoms with Crippen LogP contribution in [0.1, 0.15) is 6.92 Å². The molecule has 0 aliphatic carbocycles. The number of rotatable bonds is 6. The number of ether oxygens (including phenoxy) is 1. The van der Waals surface area contributed by atoms with E-state index in [1.165, 1.54) is 24.5 Å². The number of carbonyl (C=O) groups is 2. The van der Waals surface area contributed by atoms with Crippen LogP contribution in [-0.2, 0) is 20.9 Å². The van der Waals surface area contributed by atoms with Gasteiger partial charge in [-0.25, -0.2) is 9.78 Å². The summed E-state index contributed by atoms with van der Waals surface area (Å²) < 4.78 is 5.08. The van der Waals surface area contributed by atoms with Crippen molar-refractivity contribution in [1.82, 2.24) is 25.2 Å². The van der Waals surface area contributed by atoms with E-state index in [-0.39, 0.29) is 6.54 Å². The highest BCUT2D eigenvalue weighted by atomic mass is 35.5. The third-order valence-electron chi connectivity index (χ3n) is 3.12. The smallest absolute Gasteiger partial charge is 0.330 e. The van der Waals surface area contributed by atoms with E-state index in [0.29, 0.717) is 16.7 Å². The summed E-state index contributed by atoms with van der Waals surface area (Å²) in [5.41, 5.74) is 0. The van der Waals surface area contributed by atoms with Gasteiger partial charge >= 0.3 is 5.97 Å². The molecule has 0 unspecified atom stereocenters. The Morgan fingerprint density at radius 1 is 1.38 bits per heavy atom. The van der Waals surface area contributed by atoms with E-state index in [9.17, 15) is 9.59 Å². The zero-order chi connectivity index (χ0) is 18.5. The Bertz CT molecular complexity index is 897. The van der Waals surface area contributed by atoms with Gasteiger partial charge in [-0.3, -0.25) is 4.79 Å². The number of tetrazole rings is 1. The van der Waals surface area contributed by atoms with Crippen LogP contribution in [-0.4, -0.2) is 43.2 Å². The predicted molar refractivity (Wildman–Crippen MR) is 94.6 cm³/mol. The zero-order valence-corrected chi connectivity index (χ0v) is 15.1. The highest BCUT2D eigenvalue weighted by Gasteiger charge is 2.19. The van der Waals surface area contributed by atoms with Crippen molar-refractivity contribution >= 4 is 40.6 Å². The fraction of sp³-hybridized carbons (Fsp3) is 0.200. The number of nitrogens with one attached hydrogen (secondary N) is 1. The number of thiophene rings is 1. The molecular weight excluding hydrogens is 380 g/mol. The fourth-order valence-corrected chi connectivity index (χ4v) is 2.66. The Labute approximate surface area is 157 Å². The standard InChI is InChI=1S/C15H13ClN6O3S/c1-9(15(24)18-12-5-4-10(16)7-17-12)25-13(23)8-22-20-14(19-21-22)11-3-2-6-26-11/h2-7,9H,8H2,1H3,(H,17,18,24)/t9-/m1/s1. The van der Waals surface area contributed by atoms with E-state index in [0.717, 1.165) is 9.67 Å². The molecule has 1 atom stereocenters. The van der Waals surface area contributed by atoms with Gasteiger partial charge in [0.2, 0.25) is 5.82 Å². The number of nitrogens with zero attached hydrogens (tertiary/aromatic N) is 5. The summed E-state index contributed by atoms with van der Waals surface area (Å²) in [4.78, 5) is 29.9. The molecule has 11 heteroatoms. The van der Waals surface area contributed by atoms with Gasteiger partial charge in [0.05, 0.1) is 9.90 Å². The van der Waals surface area contributed by atoms with E-state index in [2.05, 4.69) is 25.7 Å². The van der Waals surface area contributed by atoms with Gasteiger partial charge in [0, 0.05) is 6.20 Å². The average molecular weight is 393 g/mol. The summed E-state index contributed by atoms with van der Waals surface area (Å²) >= 11 is 7.19. The molecule has 1 N–H and O–H groups in total. The van der Waals surface area contributed by atoms with Crippen molar-refractivity contribution in [3.8, 4) is 10.7 Å². The van der Waals surface area contributed by atoms with Crippen LogP contribution in [0.15, 0.2) is 35.8 Å². The lowest BCUT2D eigenvalue weighted by Gasteiger charge is -2.12. The monoisotopic (exact) mass is 392 g/mol. The number of hydrogen-bond acceptors (Lipinski definition) is 8. The Balaban J connectivity index is 1.52. The molecule has 134 valence electrons. The summed E-state index contributed by atoms with van der Waals surface area (Å²) in [6, 6.07) is 6.84. The van der Waals surface area contributed by atoms with Crippen LogP contribution < -0.4 is 5.32 Å². The molecule has 3 aromatic rings. The third kappa shape index (κ3) is 4.61. The van der Waals surface area contributed by atoms with Gasteiger partial charge < -0.3 is 10.1 Å². The first-order valence-corrected chi connectivity index (χ1v) is 8.70. The van der Waals surface area contributed by atoms with Crippen LogP contribution in [0.5, 0.6) is 0 Å². The molecule has 9 nitrogen and oxygen atoms in total. The number of hydrogen-bond donors (Lipinski definition) is 1. The fourth-order valence-electron chi connectivity index (χ4n) is 1.90. The molecule has 0 fully saturated rings. The SMILES string of the molecule is C[C@@H](OC(=O)Cn1nnc(-c2cccs2)n1)C(=O)Nc1ccc(Cl)cn1. The Morgan fingerprint density at radius 3 is 2.92 bits per heavy atom. The van der Waals surface area contributed by atoms with Gasteiger partial charge in [0.1, 0.15) is 5.82 Å². The van der Waals surface area contributed by atoms with Crippen LogP contribution in [0.25, 0.3) is 10.7 Å². The first-order valence-electron chi connectivity index (χ1n) is 7.45. The van der Waals surface area contributed by atoms with Gasteiger partial charge in [0.15, 0.2) is 12.6 Å². The maximum Gasteiger partial charge on any atom is 0.330 e. The lowest BCUT2D eigenvalue weighted by molar-refractivity contribution is -0.154.